The maximum absolute atomic E-state index is 10.4. The van der Waals surface area contributed by atoms with Crippen LogP contribution in [-0.4, -0.2) is 45.6 Å². The molecule has 0 amide bonds. The molecule has 1 saturated heterocycles. The van der Waals surface area contributed by atoms with E-state index in [-0.39, 0.29) is 17.1 Å². The van der Waals surface area contributed by atoms with E-state index in [1.165, 1.54) is 22.2 Å². The highest BCUT2D eigenvalue weighted by Gasteiger charge is 2.37. The normalized spacial score (nSPS) is 26.0. The number of hydrogen-bond donors (Lipinski definition) is 3. The summed E-state index contributed by atoms with van der Waals surface area (Å²) in [5.74, 6) is 0. The molecule has 1 heterocycles. The number of rotatable bonds is 5. The Morgan fingerprint density at radius 3 is 2.54 bits per heavy atom. The van der Waals surface area contributed by atoms with Gasteiger partial charge in [0.1, 0.15) is 0 Å². The first-order chi connectivity index (χ1) is 12.5. The number of benzene rings is 2. The molecule has 140 valence electrons. The van der Waals surface area contributed by atoms with Gasteiger partial charge in [0.2, 0.25) is 0 Å². The Hall–Kier alpha value is -0.690. The van der Waals surface area contributed by atoms with E-state index in [1.807, 2.05) is 18.2 Å². The van der Waals surface area contributed by atoms with Gasteiger partial charge in [0, 0.05) is 15.2 Å². The molecule has 4 atom stereocenters. The third-order valence-electron chi connectivity index (χ3n) is 4.70. The molecule has 0 unspecified atom stereocenters. The summed E-state index contributed by atoms with van der Waals surface area (Å²) in [6, 6.07) is 14.2. The third kappa shape index (κ3) is 4.58. The Morgan fingerprint density at radius 1 is 1.15 bits per heavy atom. The Bertz CT molecular complexity index is 738. The van der Waals surface area contributed by atoms with Gasteiger partial charge in [-0.2, -0.15) is 0 Å². The van der Waals surface area contributed by atoms with E-state index in [4.69, 9.17) is 11.6 Å². The molecular formula is C20H23ClO3S2. The van der Waals surface area contributed by atoms with Crippen LogP contribution in [0.5, 0.6) is 0 Å². The van der Waals surface area contributed by atoms with Crippen LogP contribution in [0, 0.1) is 0 Å². The molecule has 6 heteroatoms. The van der Waals surface area contributed by atoms with Gasteiger partial charge in [0.05, 0.1) is 24.1 Å². The molecule has 1 aliphatic heterocycles. The van der Waals surface area contributed by atoms with E-state index in [0.29, 0.717) is 17.9 Å². The van der Waals surface area contributed by atoms with Crippen LogP contribution in [-0.2, 0) is 6.42 Å². The molecule has 3 N–H and O–H groups in total. The molecule has 0 radical (unpaired) electrons. The summed E-state index contributed by atoms with van der Waals surface area (Å²) in [6.45, 7) is -0.00676. The third-order valence-corrected chi connectivity index (χ3v) is 7.39. The zero-order chi connectivity index (χ0) is 18.7. The number of halogens is 1. The van der Waals surface area contributed by atoms with Crippen molar-refractivity contribution < 1.29 is 15.3 Å². The molecule has 1 fully saturated rings. The van der Waals surface area contributed by atoms with Crippen LogP contribution in [0.15, 0.2) is 47.4 Å². The fourth-order valence-corrected chi connectivity index (χ4v) is 5.27. The molecule has 26 heavy (non-hydrogen) atoms. The highest BCUT2D eigenvalue weighted by Crippen LogP contribution is 2.43. The summed E-state index contributed by atoms with van der Waals surface area (Å²) in [7, 11) is 0. The second-order valence-electron chi connectivity index (χ2n) is 6.53. The van der Waals surface area contributed by atoms with Gasteiger partial charge in [-0.1, -0.05) is 35.9 Å². The molecule has 3 rings (SSSR count). The van der Waals surface area contributed by atoms with Crippen LogP contribution in [0.2, 0.25) is 5.02 Å². The summed E-state index contributed by atoms with van der Waals surface area (Å²) in [4.78, 5) is 1.22. The predicted octanol–water partition coefficient (Wildman–Crippen LogP) is 3.91. The van der Waals surface area contributed by atoms with Gasteiger partial charge in [0.25, 0.3) is 0 Å². The monoisotopic (exact) mass is 410 g/mol. The highest BCUT2D eigenvalue weighted by atomic mass is 35.5. The summed E-state index contributed by atoms with van der Waals surface area (Å²) in [5.41, 5.74) is 3.10. The Morgan fingerprint density at radius 2 is 1.88 bits per heavy atom. The van der Waals surface area contributed by atoms with E-state index in [0.717, 1.165) is 11.1 Å². The second kappa shape index (κ2) is 9.00. The molecular weight excluding hydrogens is 388 g/mol. The van der Waals surface area contributed by atoms with Crippen molar-refractivity contribution in [3.8, 4) is 0 Å². The lowest BCUT2D eigenvalue weighted by molar-refractivity contribution is 0.00526. The quantitative estimate of drug-likeness (QED) is 0.652. The van der Waals surface area contributed by atoms with E-state index >= 15 is 0 Å². The minimum atomic E-state index is -0.849. The second-order valence-corrected chi connectivity index (χ2v) is 9.26. The first-order valence-corrected chi connectivity index (χ1v) is 11.1. The molecule has 3 nitrogen and oxygen atoms in total. The number of thioether (sulfide) groups is 2. The molecule has 0 aliphatic carbocycles. The van der Waals surface area contributed by atoms with Crippen molar-refractivity contribution in [1.29, 1.82) is 0 Å². The lowest BCUT2D eigenvalue weighted by atomic mass is 9.96. The van der Waals surface area contributed by atoms with E-state index in [9.17, 15) is 15.3 Å². The van der Waals surface area contributed by atoms with E-state index < -0.39 is 12.2 Å². The van der Waals surface area contributed by atoms with Crippen LogP contribution < -0.4 is 0 Å². The minimum Gasteiger partial charge on any atom is -0.395 e. The Balaban J connectivity index is 1.84. The zero-order valence-electron chi connectivity index (χ0n) is 14.5. The molecule has 0 spiro atoms. The van der Waals surface area contributed by atoms with Crippen molar-refractivity contribution in [2.45, 2.75) is 40.4 Å². The van der Waals surface area contributed by atoms with Gasteiger partial charge < -0.3 is 15.3 Å². The Kier molecular flexibility index (Phi) is 6.94. The highest BCUT2D eigenvalue weighted by molar-refractivity contribution is 8.00. The maximum Gasteiger partial charge on any atom is 0.0958 e. The first kappa shape index (κ1) is 20.1. The van der Waals surface area contributed by atoms with Gasteiger partial charge >= 0.3 is 0 Å². The summed E-state index contributed by atoms with van der Waals surface area (Å²) in [5, 5.41) is 30.3. The van der Waals surface area contributed by atoms with Crippen LogP contribution in [0.25, 0.3) is 0 Å². The predicted molar refractivity (Wildman–Crippen MR) is 110 cm³/mol. The van der Waals surface area contributed by atoms with Crippen molar-refractivity contribution in [1.82, 2.24) is 0 Å². The molecule has 0 saturated carbocycles. The summed E-state index contributed by atoms with van der Waals surface area (Å²) >= 11 is 9.63. The maximum atomic E-state index is 10.4. The van der Waals surface area contributed by atoms with Crippen molar-refractivity contribution in [2.75, 3.05) is 12.9 Å². The SMILES string of the molecule is CSc1ccc(Cc2cc([C@@H]3S[C@H](CO)C[C@H](O)[C@H]3O)ccc2Cl)cc1. The van der Waals surface area contributed by atoms with Crippen LogP contribution in [0.3, 0.4) is 0 Å². The molecule has 1 aliphatic rings. The van der Waals surface area contributed by atoms with Crippen LogP contribution in [0.4, 0.5) is 0 Å². The van der Waals surface area contributed by atoms with E-state index in [2.05, 4.69) is 30.5 Å². The average molecular weight is 411 g/mol. The molecule has 0 bridgehead atoms. The van der Waals surface area contributed by atoms with Crippen molar-refractivity contribution in [3.05, 3.63) is 64.2 Å². The minimum absolute atomic E-state index is 0.00676. The molecule has 2 aromatic rings. The van der Waals surface area contributed by atoms with E-state index in [1.54, 1.807) is 11.8 Å². The van der Waals surface area contributed by atoms with Crippen molar-refractivity contribution in [3.63, 3.8) is 0 Å². The fraction of sp³-hybridized carbons (Fsp3) is 0.400. The summed E-state index contributed by atoms with van der Waals surface area (Å²) < 4.78 is 0. The molecule has 0 aromatic heterocycles. The Labute approximate surface area is 167 Å². The van der Waals surface area contributed by atoms with Gasteiger partial charge in [-0.3, -0.25) is 0 Å². The fourth-order valence-electron chi connectivity index (χ4n) is 3.22. The van der Waals surface area contributed by atoms with Gasteiger partial charge in [0.15, 0.2) is 0 Å². The van der Waals surface area contributed by atoms with Gasteiger partial charge in [-0.25, -0.2) is 0 Å². The topological polar surface area (TPSA) is 60.7 Å². The lowest BCUT2D eigenvalue weighted by Crippen LogP contribution is -2.39. The largest absolute Gasteiger partial charge is 0.395 e. The standard InChI is InChI=1S/C20H23ClO3S2/c1-25-15-5-2-12(3-6-15)8-14-9-13(4-7-17(14)21)20-19(24)18(23)10-16(11-22)26-20/h2-7,9,16,18-20,22-24H,8,10-11H2,1H3/t16-,18-,19+,20-/m0/s1. The zero-order valence-corrected chi connectivity index (χ0v) is 16.9. The summed E-state index contributed by atoms with van der Waals surface area (Å²) in [6.07, 6.45) is 1.49. The van der Waals surface area contributed by atoms with Gasteiger partial charge in [-0.15, -0.1) is 23.5 Å². The van der Waals surface area contributed by atoms with Crippen LogP contribution in [0.1, 0.15) is 28.4 Å². The first-order valence-electron chi connectivity index (χ1n) is 8.55. The van der Waals surface area contributed by atoms with Crippen LogP contribution >= 0.6 is 35.1 Å². The van der Waals surface area contributed by atoms with Gasteiger partial charge in [-0.05, 0) is 54.0 Å². The number of aliphatic hydroxyl groups is 3. The van der Waals surface area contributed by atoms with Crippen molar-refractivity contribution in [2.24, 2.45) is 0 Å². The number of hydrogen-bond acceptors (Lipinski definition) is 5. The van der Waals surface area contributed by atoms with Crippen molar-refractivity contribution >= 4 is 35.1 Å². The molecule has 2 aromatic carbocycles. The smallest absolute Gasteiger partial charge is 0.0958 e. The average Bonchev–Trinajstić information content (AvgIpc) is 2.66. The lowest BCUT2D eigenvalue weighted by Gasteiger charge is -2.36. The number of aliphatic hydroxyl groups excluding tert-OH is 3.